The van der Waals surface area contributed by atoms with Crippen LogP contribution in [0.2, 0.25) is 0 Å². The second kappa shape index (κ2) is 11.3. The molecule has 1 aromatic carbocycles. The number of nitrogens with two attached hydrogens (primary N) is 2. The van der Waals surface area contributed by atoms with Crippen molar-refractivity contribution in [3.63, 3.8) is 0 Å². The molecule has 1 aromatic rings. The maximum atomic E-state index is 15.0. The van der Waals surface area contributed by atoms with Gasteiger partial charge in [-0.2, -0.15) is 22.0 Å². The molecule has 0 aromatic heterocycles. The van der Waals surface area contributed by atoms with E-state index in [4.69, 9.17) is 11.5 Å². The van der Waals surface area contributed by atoms with Gasteiger partial charge in [0.15, 0.2) is 5.84 Å². The molecule has 9 heteroatoms. The van der Waals surface area contributed by atoms with Crippen molar-refractivity contribution in [3.05, 3.63) is 58.4 Å². The van der Waals surface area contributed by atoms with Gasteiger partial charge >= 0.3 is 6.18 Å². The average molecular weight is 539 g/mol. The normalized spacial score (nSPS) is 24.4. The standard InChI is InChI=1S/C29H39F5N4/c1-6-37-26(23-10-8-7-9-22(23)17(2)3)38-25-20(11-12-28(25,30)31)13-19-14-21(15-19)27(36,29(32,33)34)16-24(35)18(4)5/h6-10,16-19,21H,11-15,35-36H2,1-5H3/b24-16-,37-6?,38-26?. The minimum Gasteiger partial charge on any atom is -0.402 e. The zero-order chi connectivity index (χ0) is 28.5. The molecule has 1 unspecified atom stereocenters. The predicted octanol–water partition coefficient (Wildman–Crippen LogP) is 7.51. The van der Waals surface area contributed by atoms with Crippen LogP contribution in [0.5, 0.6) is 0 Å². The maximum Gasteiger partial charge on any atom is 0.410 e. The molecule has 1 atom stereocenters. The summed E-state index contributed by atoms with van der Waals surface area (Å²) in [5.41, 5.74) is 11.1. The predicted molar refractivity (Wildman–Crippen MR) is 143 cm³/mol. The van der Waals surface area contributed by atoms with E-state index in [-0.39, 0.29) is 67.1 Å². The number of hydrogen-bond donors (Lipinski definition) is 2. The van der Waals surface area contributed by atoms with Crippen molar-refractivity contribution >= 4 is 12.1 Å². The van der Waals surface area contributed by atoms with Gasteiger partial charge in [0.25, 0.3) is 5.92 Å². The van der Waals surface area contributed by atoms with Gasteiger partial charge in [-0.3, -0.25) is 0 Å². The first-order chi connectivity index (χ1) is 17.6. The summed E-state index contributed by atoms with van der Waals surface area (Å²) in [5, 5.41) is 0. The number of halogens is 5. The molecule has 4 N–H and O–H groups in total. The molecule has 0 amide bonds. The molecule has 2 aliphatic carbocycles. The molecule has 4 nitrogen and oxygen atoms in total. The second-order valence-electron chi connectivity index (χ2n) is 11.2. The highest BCUT2D eigenvalue weighted by atomic mass is 19.4. The van der Waals surface area contributed by atoms with Crippen molar-refractivity contribution in [3.8, 4) is 0 Å². The number of allylic oxidation sites excluding steroid dienone is 3. The molecular weight excluding hydrogens is 499 g/mol. The van der Waals surface area contributed by atoms with Gasteiger partial charge < -0.3 is 11.5 Å². The van der Waals surface area contributed by atoms with Crippen LogP contribution in [-0.4, -0.2) is 29.7 Å². The molecule has 2 aliphatic rings. The van der Waals surface area contributed by atoms with Crippen molar-refractivity contribution in [1.82, 2.24) is 0 Å². The monoisotopic (exact) mass is 538 g/mol. The van der Waals surface area contributed by atoms with E-state index in [0.29, 0.717) is 11.1 Å². The third-order valence-corrected chi connectivity index (χ3v) is 7.72. The Bertz CT molecular complexity index is 1120. The minimum atomic E-state index is -4.67. The van der Waals surface area contributed by atoms with Crippen LogP contribution in [0.25, 0.3) is 0 Å². The largest absolute Gasteiger partial charge is 0.410 e. The fraction of sp³-hybridized carbons (Fsp3) is 0.586. The molecule has 0 spiro atoms. The number of aliphatic imine (C=N–C) groups is 2. The van der Waals surface area contributed by atoms with Crippen LogP contribution in [0.15, 0.2) is 57.3 Å². The van der Waals surface area contributed by atoms with E-state index in [0.717, 1.165) is 11.6 Å². The van der Waals surface area contributed by atoms with Crippen molar-refractivity contribution < 1.29 is 22.0 Å². The fourth-order valence-electron chi connectivity index (χ4n) is 5.27. The van der Waals surface area contributed by atoms with Crippen LogP contribution in [0.1, 0.15) is 83.8 Å². The number of alkyl halides is 5. The minimum absolute atomic E-state index is 0.0914. The summed E-state index contributed by atoms with van der Waals surface area (Å²) in [6, 6.07) is 7.45. The van der Waals surface area contributed by atoms with Crippen LogP contribution >= 0.6 is 0 Å². The van der Waals surface area contributed by atoms with Gasteiger partial charge in [0.2, 0.25) is 0 Å². The van der Waals surface area contributed by atoms with Crippen LogP contribution in [0.4, 0.5) is 22.0 Å². The number of amidine groups is 1. The molecule has 1 saturated carbocycles. The van der Waals surface area contributed by atoms with E-state index in [1.165, 1.54) is 6.21 Å². The van der Waals surface area contributed by atoms with Gasteiger partial charge in [-0.15, -0.1) is 0 Å². The number of hydrogen-bond acceptors (Lipinski definition) is 3. The lowest BCUT2D eigenvalue weighted by Crippen LogP contribution is -2.61. The van der Waals surface area contributed by atoms with E-state index in [1.54, 1.807) is 20.8 Å². The van der Waals surface area contributed by atoms with E-state index in [2.05, 4.69) is 9.98 Å². The smallest absolute Gasteiger partial charge is 0.402 e. The Morgan fingerprint density at radius 2 is 1.76 bits per heavy atom. The average Bonchev–Trinajstić information content (AvgIpc) is 3.07. The molecule has 0 saturated heterocycles. The molecule has 3 rings (SSSR count). The Morgan fingerprint density at radius 3 is 2.32 bits per heavy atom. The van der Waals surface area contributed by atoms with Crippen LogP contribution < -0.4 is 11.5 Å². The van der Waals surface area contributed by atoms with Crippen LogP contribution in [-0.2, 0) is 0 Å². The zero-order valence-electron chi connectivity index (χ0n) is 22.7. The first-order valence-electron chi connectivity index (χ1n) is 13.2. The summed E-state index contributed by atoms with van der Waals surface area (Å²) in [6.07, 6.45) is -1.81. The number of benzene rings is 1. The summed E-state index contributed by atoms with van der Waals surface area (Å²) in [6.45, 7) is 9.13. The Labute approximate surface area is 222 Å². The van der Waals surface area contributed by atoms with E-state index in [1.807, 2.05) is 38.1 Å². The topological polar surface area (TPSA) is 76.8 Å². The highest BCUT2D eigenvalue weighted by Crippen LogP contribution is 2.52. The zero-order valence-corrected chi connectivity index (χ0v) is 22.7. The molecular formula is C29H39F5N4. The lowest BCUT2D eigenvalue weighted by molar-refractivity contribution is -0.197. The Balaban J connectivity index is 1.91. The Morgan fingerprint density at radius 1 is 1.13 bits per heavy atom. The van der Waals surface area contributed by atoms with E-state index in [9.17, 15) is 13.2 Å². The summed E-state index contributed by atoms with van der Waals surface area (Å²) < 4.78 is 72.1. The molecule has 0 radical (unpaired) electrons. The first-order valence-corrected chi connectivity index (χ1v) is 13.2. The highest BCUT2D eigenvalue weighted by molar-refractivity contribution is 6.04. The lowest BCUT2D eigenvalue weighted by Gasteiger charge is -2.46. The number of rotatable bonds is 8. The molecule has 38 heavy (non-hydrogen) atoms. The summed E-state index contributed by atoms with van der Waals surface area (Å²) in [7, 11) is 0. The van der Waals surface area contributed by atoms with Gasteiger partial charge in [0.05, 0.1) is 0 Å². The lowest BCUT2D eigenvalue weighted by atomic mass is 9.62. The van der Waals surface area contributed by atoms with E-state index < -0.39 is 23.6 Å². The highest BCUT2D eigenvalue weighted by Gasteiger charge is 2.58. The van der Waals surface area contributed by atoms with Gasteiger partial charge in [-0.05, 0) is 73.5 Å². The fourth-order valence-corrected chi connectivity index (χ4v) is 5.27. The first kappa shape index (κ1) is 30.0. The van der Waals surface area contributed by atoms with E-state index >= 15 is 8.78 Å². The molecule has 1 fully saturated rings. The van der Waals surface area contributed by atoms with Crippen molar-refractivity contribution in [1.29, 1.82) is 0 Å². The molecule has 0 heterocycles. The van der Waals surface area contributed by atoms with Crippen molar-refractivity contribution in [2.24, 2.45) is 39.2 Å². The Hall–Kier alpha value is -2.55. The second-order valence-corrected chi connectivity index (χ2v) is 11.2. The van der Waals surface area contributed by atoms with Crippen LogP contribution in [0.3, 0.4) is 0 Å². The third kappa shape index (κ3) is 6.19. The van der Waals surface area contributed by atoms with Gasteiger partial charge in [0.1, 0.15) is 11.2 Å². The van der Waals surface area contributed by atoms with Crippen LogP contribution in [0, 0.1) is 17.8 Å². The molecule has 210 valence electrons. The molecule has 0 aliphatic heterocycles. The maximum absolute atomic E-state index is 15.0. The molecule has 0 bridgehead atoms. The van der Waals surface area contributed by atoms with Crippen molar-refractivity contribution in [2.75, 3.05) is 0 Å². The SMILES string of the molecule is CC=NC(=NC1=C(CC2CC(C(N)(/C=C(\N)C(C)C)C(F)(F)F)C2)CCC1(F)F)c1ccccc1C(C)C. The quantitative estimate of drug-likeness (QED) is 0.204. The summed E-state index contributed by atoms with van der Waals surface area (Å²) >= 11 is 0. The van der Waals surface area contributed by atoms with Gasteiger partial charge in [0, 0.05) is 23.9 Å². The van der Waals surface area contributed by atoms with Gasteiger partial charge in [-0.1, -0.05) is 52.0 Å². The summed E-state index contributed by atoms with van der Waals surface area (Å²) in [5.74, 6) is -4.10. The third-order valence-electron chi connectivity index (χ3n) is 7.72. The van der Waals surface area contributed by atoms with Gasteiger partial charge in [-0.25, -0.2) is 9.98 Å². The summed E-state index contributed by atoms with van der Waals surface area (Å²) in [4.78, 5) is 8.73. The Kier molecular flexibility index (Phi) is 8.91. The number of nitrogens with zero attached hydrogens (tertiary/aromatic N) is 2. The van der Waals surface area contributed by atoms with Crippen molar-refractivity contribution in [2.45, 2.75) is 90.3 Å².